The van der Waals surface area contributed by atoms with Crippen molar-refractivity contribution in [2.75, 3.05) is 0 Å². The predicted octanol–water partition coefficient (Wildman–Crippen LogP) is 13.9. The molecule has 0 aliphatic rings. The van der Waals surface area contributed by atoms with Crippen molar-refractivity contribution in [3.63, 3.8) is 0 Å². The molecule has 55 heavy (non-hydrogen) atoms. The van der Waals surface area contributed by atoms with Crippen LogP contribution < -0.4 is 0 Å². The molecule has 8 aromatic carbocycles. The second-order valence-electron chi connectivity index (χ2n) is 13.6. The Labute approximate surface area is 323 Å². The molecule has 0 bridgehead atoms. The Morgan fingerprint density at radius 3 is 1.44 bits per heavy atom. The molecule has 0 atom stereocenters. The van der Waals surface area contributed by atoms with E-state index in [-0.39, 0.29) is 0 Å². The van der Waals surface area contributed by atoms with Crippen LogP contribution >= 0.6 is 11.3 Å². The molecule has 258 valence electrons. The minimum Gasteiger partial charge on any atom is -0.208 e. The van der Waals surface area contributed by atoms with Crippen LogP contribution in [0.2, 0.25) is 0 Å². The van der Waals surface area contributed by atoms with Crippen molar-refractivity contribution in [1.82, 2.24) is 15.0 Å². The van der Waals surface area contributed by atoms with Gasteiger partial charge < -0.3 is 0 Å². The molecular weight excluding hydrogens is 687 g/mol. The molecule has 0 aliphatic carbocycles. The summed E-state index contributed by atoms with van der Waals surface area (Å²) in [6.45, 7) is 0. The summed E-state index contributed by atoms with van der Waals surface area (Å²) < 4.78 is 2.60. The van der Waals surface area contributed by atoms with E-state index in [0.29, 0.717) is 17.5 Å². The standard InChI is InChI=1S/C51H33N3S/c1-3-12-34(13-4-1)35-22-24-36(25-23-35)40-16-11-17-42(32-40)50-52-49(53-51(54-50)46-20-8-7-18-43(46)38-14-5-2-6-15-38)39-28-26-37(27-29-39)41-30-31-45-44-19-9-10-21-47(44)55-48(45)33-41/h1-33H. The highest BCUT2D eigenvalue weighted by Crippen LogP contribution is 2.37. The van der Waals surface area contributed by atoms with Gasteiger partial charge in [0, 0.05) is 36.9 Å². The lowest BCUT2D eigenvalue weighted by molar-refractivity contribution is 1.07. The van der Waals surface area contributed by atoms with Gasteiger partial charge in [-0.3, -0.25) is 0 Å². The van der Waals surface area contributed by atoms with Gasteiger partial charge in [0.25, 0.3) is 0 Å². The van der Waals surface area contributed by atoms with E-state index in [4.69, 9.17) is 15.0 Å². The van der Waals surface area contributed by atoms with E-state index in [2.05, 4.69) is 182 Å². The third kappa shape index (κ3) is 6.39. The van der Waals surface area contributed by atoms with Crippen molar-refractivity contribution in [3.05, 3.63) is 200 Å². The molecule has 0 saturated heterocycles. The fourth-order valence-electron chi connectivity index (χ4n) is 7.34. The molecule has 0 aliphatic heterocycles. The van der Waals surface area contributed by atoms with Crippen molar-refractivity contribution < 1.29 is 0 Å². The Morgan fingerprint density at radius 1 is 0.255 bits per heavy atom. The average Bonchev–Trinajstić information content (AvgIpc) is 3.65. The van der Waals surface area contributed by atoms with Gasteiger partial charge in [-0.1, -0.05) is 182 Å². The lowest BCUT2D eigenvalue weighted by Gasteiger charge is -2.13. The summed E-state index contributed by atoms with van der Waals surface area (Å²) in [5, 5.41) is 2.61. The molecule has 10 rings (SSSR count). The van der Waals surface area contributed by atoms with Gasteiger partial charge in [-0.25, -0.2) is 15.0 Å². The van der Waals surface area contributed by atoms with E-state index in [1.807, 2.05) is 29.5 Å². The smallest absolute Gasteiger partial charge is 0.164 e. The summed E-state index contributed by atoms with van der Waals surface area (Å²) in [5.41, 5.74) is 12.0. The maximum Gasteiger partial charge on any atom is 0.164 e. The Kier molecular flexibility index (Phi) is 8.36. The van der Waals surface area contributed by atoms with Crippen LogP contribution in [0, 0.1) is 0 Å². The van der Waals surface area contributed by atoms with E-state index in [9.17, 15) is 0 Å². The van der Waals surface area contributed by atoms with E-state index in [1.165, 1.54) is 36.9 Å². The highest BCUT2D eigenvalue weighted by Gasteiger charge is 2.16. The van der Waals surface area contributed by atoms with Crippen LogP contribution in [0.3, 0.4) is 0 Å². The predicted molar refractivity (Wildman–Crippen MR) is 231 cm³/mol. The molecule has 4 heteroatoms. The first-order valence-corrected chi connectivity index (χ1v) is 19.2. The topological polar surface area (TPSA) is 38.7 Å². The van der Waals surface area contributed by atoms with Gasteiger partial charge in [0.05, 0.1) is 0 Å². The van der Waals surface area contributed by atoms with Crippen LogP contribution in [-0.4, -0.2) is 15.0 Å². The summed E-state index contributed by atoms with van der Waals surface area (Å²) in [6, 6.07) is 70.4. The maximum absolute atomic E-state index is 5.17. The van der Waals surface area contributed by atoms with Crippen molar-refractivity contribution >= 4 is 31.5 Å². The first-order valence-electron chi connectivity index (χ1n) is 18.4. The van der Waals surface area contributed by atoms with E-state index < -0.39 is 0 Å². The Balaban J connectivity index is 1.05. The molecule has 0 radical (unpaired) electrons. The van der Waals surface area contributed by atoms with Gasteiger partial charge in [-0.2, -0.15) is 0 Å². The molecule has 2 aromatic heterocycles. The fourth-order valence-corrected chi connectivity index (χ4v) is 8.49. The number of fused-ring (bicyclic) bond motifs is 3. The molecule has 3 nitrogen and oxygen atoms in total. The summed E-state index contributed by atoms with van der Waals surface area (Å²) in [6.07, 6.45) is 0. The van der Waals surface area contributed by atoms with Gasteiger partial charge in [0.2, 0.25) is 0 Å². The number of benzene rings is 8. The SMILES string of the molecule is c1ccc(-c2ccc(-c3cccc(-c4nc(-c5ccc(-c6ccc7c(c6)sc6ccccc67)cc5)nc(-c5ccccc5-c5ccccc5)n4)c3)cc2)cc1. The van der Waals surface area contributed by atoms with Crippen LogP contribution in [0.1, 0.15) is 0 Å². The molecule has 0 amide bonds. The lowest BCUT2D eigenvalue weighted by atomic mass is 9.98. The number of rotatable bonds is 7. The first-order chi connectivity index (χ1) is 27.2. The van der Waals surface area contributed by atoms with Crippen LogP contribution in [-0.2, 0) is 0 Å². The van der Waals surface area contributed by atoms with Gasteiger partial charge in [-0.05, 0) is 62.7 Å². The van der Waals surface area contributed by atoms with Gasteiger partial charge >= 0.3 is 0 Å². The highest BCUT2D eigenvalue weighted by molar-refractivity contribution is 7.25. The maximum atomic E-state index is 5.17. The van der Waals surface area contributed by atoms with Crippen LogP contribution in [0.5, 0.6) is 0 Å². The fraction of sp³-hybridized carbons (Fsp3) is 0. The minimum atomic E-state index is 0.630. The molecular formula is C51H33N3S. The summed E-state index contributed by atoms with van der Waals surface area (Å²) in [4.78, 5) is 15.5. The monoisotopic (exact) mass is 719 g/mol. The Morgan fingerprint density at radius 2 is 0.709 bits per heavy atom. The molecule has 0 spiro atoms. The first kappa shape index (κ1) is 32.6. The lowest BCUT2D eigenvalue weighted by Crippen LogP contribution is -2.01. The van der Waals surface area contributed by atoms with E-state index in [0.717, 1.165) is 44.5 Å². The summed E-state index contributed by atoms with van der Waals surface area (Å²) >= 11 is 1.84. The zero-order chi connectivity index (χ0) is 36.6. The van der Waals surface area contributed by atoms with Gasteiger partial charge in [-0.15, -0.1) is 11.3 Å². The van der Waals surface area contributed by atoms with Crippen LogP contribution in [0.15, 0.2) is 200 Å². The van der Waals surface area contributed by atoms with Crippen molar-refractivity contribution in [2.24, 2.45) is 0 Å². The molecule has 10 aromatic rings. The largest absolute Gasteiger partial charge is 0.208 e. The second-order valence-corrected chi connectivity index (χ2v) is 14.7. The van der Waals surface area contributed by atoms with E-state index in [1.54, 1.807) is 0 Å². The average molecular weight is 720 g/mol. The molecule has 0 saturated carbocycles. The quantitative estimate of drug-likeness (QED) is 0.165. The summed E-state index contributed by atoms with van der Waals surface area (Å²) in [5.74, 6) is 1.90. The molecule has 0 unspecified atom stereocenters. The van der Waals surface area contributed by atoms with E-state index >= 15 is 0 Å². The Hall–Kier alpha value is -7.01. The number of thiophene rings is 1. The third-order valence-electron chi connectivity index (χ3n) is 10.2. The highest BCUT2D eigenvalue weighted by atomic mass is 32.1. The minimum absolute atomic E-state index is 0.630. The third-order valence-corrected chi connectivity index (χ3v) is 11.3. The van der Waals surface area contributed by atoms with Crippen molar-refractivity contribution in [2.45, 2.75) is 0 Å². The summed E-state index contributed by atoms with van der Waals surface area (Å²) in [7, 11) is 0. The zero-order valence-corrected chi connectivity index (χ0v) is 30.6. The number of aromatic nitrogens is 3. The molecule has 2 heterocycles. The Bertz CT molecular complexity index is 2950. The van der Waals surface area contributed by atoms with Crippen molar-refractivity contribution in [1.29, 1.82) is 0 Å². The van der Waals surface area contributed by atoms with Gasteiger partial charge in [0.15, 0.2) is 17.5 Å². The number of nitrogens with zero attached hydrogens (tertiary/aromatic N) is 3. The zero-order valence-electron chi connectivity index (χ0n) is 29.8. The van der Waals surface area contributed by atoms with Crippen LogP contribution in [0.4, 0.5) is 0 Å². The molecule has 0 fully saturated rings. The normalized spacial score (nSPS) is 11.3. The number of hydrogen-bond acceptors (Lipinski definition) is 4. The second kappa shape index (κ2) is 14.1. The van der Waals surface area contributed by atoms with Gasteiger partial charge in [0.1, 0.15) is 0 Å². The molecule has 0 N–H and O–H groups in total. The van der Waals surface area contributed by atoms with Crippen LogP contribution in [0.25, 0.3) is 98.8 Å². The van der Waals surface area contributed by atoms with Crippen molar-refractivity contribution in [3.8, 4) is 78.7 Å². The number of hydrogen-bond donors (Lipinski definition) is 0.